The highest BCUT2D eigenvalue weighted by Crippen LogP contribution is 2.30. The second-order valence-electron chi connectivity index (χ2n) is 8.67. The van der Waals surface area contributed by atoms with Gasteiger partial charge in [-0.1, -0.05) is 11.6 Å². The molecule has 33 heavy (non-hydrogen) atoms. The van der Waals surface area contributed by atoms with E-state index in [-0.39, 0.29) is 11.5 Å². The molecule has 2 aliphatic heterocycles. The third-order valence-electron chi connectivity index (χ3n) is 6.50. The number of carbonyl (C=O) groups excluding carboxylic acids is 1. The summed E-state index contributed by atoms with van der Waals surface area (Å²) in [5.74, 6) is -0.644. The van der Waals surface area contributed by atoms with Crippen LogP contribution in [-0.4, -0.2) is 67.8 Å². The van der Waals surface area contributed by atoms with Crippen molar-refractivity contribution in [3.63, 3.8) is 0 Å². The number of nitrogens with zero attached hydrogens (tertiary/aromatic N) is 2. The maximum absolute atomic E-state index is 12.5. The third kappa shape index (κ3) is 6.25. The summed E-state index contributed by atoms with van der Waals surface area (Å²) in [6.45, 7) is 6.47. The van der Waals surface area contributed by atoms with Gasteiger partial charge in [0.2, 0.25) is 0 Å². The van der Waals surface area contributed by atoms with Crippen molar-refractivity contribution in [2.45, 2.75) is 19.3 Å². The molecule has 8 heteroatoms. The standard InChI is InChI=1S/C25H30ClN3O4/c26-20-3-1-19(2-4-20)24(30)27-21-5-6-23(22(17-21)25(31)32)29-11-8-18(9-12-29)7-10-28-13-15-33-16-14-28/h1-6,17-18H,7-16H2,(H,27,30)(H,31,32). The maximum atomic E-state index is 12.5. The van der Waals surface area contributed by atoms with E-state index in [1.165, 1.54) is 12.5 Å². The average Bonchev–Trinajstić information content (AvgIpc) is 2.84. The first kappa shape index (κ1) is 23.5. The molecule has 0 aromatic heterocycles. The van der Waals surface area contributed by atoms with E-state index in [2.05, 4.69) is 15.1 Å². The second-order valence-corrected chi connectivity index (χ2v) is 9.11. The number of aromatic carboxylic acids is 1. The zero-order valence-electron chi connectivity index (χ0n) is 18.6. The number of carboxylic acids is 1. The van der Waals surface area contributed by atoms with Crippen LogP contribution < -0.4 is 10.2 Å². The number of hydrogen-bond donors (Lipinski definition) is 2. The highest BCUT2D eigenvalue weighted by atomic mass is 35.5. The third-order valence-corrected chi connectivity index (χ3v) is 6.76. The summed E-state index contributed by atoms with van der Waals surface area (Å²) in [6.07, 6.45) is 3.28. The molecule has 176 valence electrons. The molecule has 2 aliphatic rings. The minimum atomic E-state index is -0.998. The Morgan fingerprint density at radius 2 is 1.73 bits per heavy atom. The molecule has 0 aliphatic carbocycles. The van der Waals surface area contributed by atoms with Crippen LogP contribution >= 0.6 is 11.6 Å². The summed E-state index contributed by atoms with van der Waals surface area (Å²) in [5.41, 5.74) is 1.82. The Balaban J connectivity index is 1.36. The molecule has 7 nitrogen and oxygen atoms in total. The number of anilines is 2. The lowest BCUT2D eigenvalue weighted by Gasteiger charge is -2.35. The first-order valence-corrected chi connectivity index (χ1v) is 11.9. The number of amides is 1. The molecule has 0 bridgehead atoms. The molecule has 4 rings (SSSR count). The van der Waals surface area contributed by atoms with Gasteiger partial charge in [0.05, 0.1) is 24.5 Å². The molecule has 2 aromatic carbocycles. The summed E-state index contributed by atoms with van der Waals surface area (Å²) in [5, 5.41) is 13.1. The largest absolute Gasteiger partial charge is 0.478 e. The van der Waals surface area contributed by atoms with Crippen LogP contribution in [0.2, 0.25) is 5.02 Å². The van der Waals surface area contributed by atoms with Crippen LogP contribution in [0.4, 0.5) is 11.4 Å². The minimum Gasteiger partial charge on any atom is -0.478 e. The van der Waals surface area contributed by atoms with Crippen molar-refractivity contribution in [1.82, 2.24) is 4.90 Å². The number of carbonyl (C=O) groups is 2. The fourth-order valence-electron chi connectivity index (χ4n) is 4.52. The highest BCUT2D eigenvalue weighted by molar-refractivity contribution is 6.30. The molecule has 1 amide bonds. The van der Waals surface area contributed by atoms with Gasteiger partial charge in [-0.15, -0.1) is 0 Å². The van der Waals surface area contributed by atoms with Crippen LogP contribution in [0.25, 0.3) is 0 Å². The number of piperidine rings is 1. The van der Waals surface area contributed by atoms with Crippen molar-refractivity contribution < 1.29 is 19.4 Å². The van der Waals surface area contributed by atoms with Gasteiger partial charge in [0.25, 0.3) is 5.91 Å². The molecule has 0 atom stereocenters. The number of ether oxygens (including phenoxy) is 1. The smallest absolute Gasteiger partial charge is 0.337 e. The van der Waals surface area contributed by atoms with Crippen molar-refractivity contribution >= 4 is 34.9 Å². The predicted molar refractivity (Wildman–Crippen MR) is 130 cm³/mol. The minimum absolute atomic E-state index is 0.204. The van der Waals surface area contributed by atoms with E-state index < -0.39 is 5.97 Å². The lowest BCUT2D eigenvalue weighted by atomic mass is 9.92. The lowest BCUT2D eigenvalue weighted by molar-refractivity contribution is 0.0349. The maximum Gasteiger partial charge on any atom is 0.337 e. The molecule has 0 radical (unpaired) electrons. The number of rotatable bonds is 7. The van der Waals surface area contributed by atoms with E-state index in [1.54, 1.807) is 36.4 Å². The molecule has 2 heterocycles. The molecular weight excluding hydrogens is 442 g/mol. The average molecular weight is 472 g/mol. The first-order chi connectivity index (χ1) is 16.0. The second kappa shape index (κ2) is 11.0. The molecule has 0 unspecified atom stereocenters. The molecule has 0 spiro atoms. The Morgan fingerprint density at radius 1 is 1.03 bits per heavy atom. The molecule has 0 saturated carbocycles. The SMILES string of the molecule is O=C(Nc1ccc(N2CCC(CCN3CCOCC3)CC2)c(C(=O)O)c1)c1ccc(Cl)cc1. The Bertz CT molecular complexity index is 968. The van der Waals surface area contributed by atoms with Gasteiger partial charge >= 0.3 is 5.97 Å². The van der Waals surface area contributed by atoms with E-state index in [1.807, 2.05) is 0 Å². The summed E-state index contributed by atoms with van der Waals surface area (Å²) < 4.78 is 5.42. The van der Waals surface area contributed by atoms with Crippen LogP contribution in [0.15, 0.2) is 42.5 Å². The summed E-state index contributed by atoms with van der Waals surface area (Å²) in [6, 6.07) is 11.7. The van der Waals surface area contributed by atoms with Crippen LogP contribution in [-0.2, 0) is 4.74 Å². The number of nitrogens with one attached hydrogen (secondary N) is 1. The van der Waals surface area contributed by atoms with E-state index in [0.29, 0.717) is 27.9 Å². The molecule has 2 N–H and O–H groups in total. The zero-order valence-corrected chi connectivity index (χ0v) is 19.4. The van der Waals surface area contributed by atoms with Crippen LogP contribution in [0.3, 0.4) is 0 Å². The van der Waals surface area contributed by atoms with Crippen molar-refractivity contribution in [1.29, 1.82) is 0 Å². The summed E-state index contributed by atoms with van der Waals surface area (Å²) in [4.78, 5) is 29.1. The van der Waals surface area contributed by atoms with Crippen molar-refractivity contribution in [2.24, 2.45) is 5.92 Å². The van der Waals surface area contributed by atoms with Gasteiger partial charge in [-0.2, -0.15) is 0 Å². The fraction of sp³-hybridized carbons (Fsp3) is 0.440. The lowest BCUT2D eigenvalue weighted by Crippen LogP contribution is -2.39. The molecule has 2 fully saturated rings. The van der Waals surface area contributed by atoms with E-state index in [9.17, 15) is 14.7 Å². The van der Waals surface area contributed by atoms with Gasteiger partial charge in [-0.25, -0.2) is 4.79 Å². The van der Waals surface area contributed by atoms with Gasteiger partial charge in [-0.3, -0.25) is 9.69 Å². The van der Waals surface area contributed by atoms with E-state index in [4.69, 9.17) is 16.3 Å². The van der Waals surface area contributed by atoms with Crippen LogP contribution in [0, 0.1) is 5.92 Å². The Morgan fingerprint density at radius 3 is 2.39 bits per heavy atom. The van der Waals surface area contributed by atoms with Gasteiger partial charge in [0.1, 0.15) is 0 Å². The monoisotopic (exact) mass is 471 g/mol. The number of halogens is 1. The molecule has 2 saturated heterocycles. The molecule has 2 aromatic rings. The number of carboxylic acid groups (broad SMARTS) is 1. The predicted octanol–water partition coefficient (Wildman–Crippen LogP) is 4.23. The number of benzene rings is 2. The topological polar surface area (TPSA) is 82.1 Å². The van der Waals surface area contributed by atoms with Gasteiger partial charge in [-0.05, 0) is 74.2 Å². The number of hydrogen-bond acceptors (Lipinski definition) is 5. The van der Waals surface area contributed by atoms with Gasteiger partial charge in [0, 0.05) is 42.5 Å². The van der Waals surface area contributed by atoms with Gasteiger partial charge in [0.15, 0.2) is 0 Å². The Hall–Kier alpha value is -2.61. The zero-order chi connectivity index (χ0) is 23.2. The highest BCUT2D eigenvalue weighted by Gasteiger charge is 2.24. The van der Waals surface area contributed by atoms with E-state index >= 15 is 0 Å². The van der Waals surface area contributed by atoms with Crippen molar-refractivity contribution in [3.8, 4) is 0 Å². The van der Waals surface area contributed by atoms with Crippen molar-refractivity contribution in [2.75, 3.05) is 56.2 Å². The number of morpholine rings is 1. The van der Waals surface area contributed by atoms with E-state index in [0.717, 1.165) is 58.8 Å². The fourth-order valence-corrected chi connectivity index (χ4v) is 4.64. The normalized spacial score (nSPS) is 17.7. The van der Waals surface area contributed by atoms with Crippen LogP contribution in [0.1, 0.15) is 40.0 Å². The Labute approximate surface area is 199 Å². The quantitative estimate of drug-likeness (QED) is 0.629. The Kier molecular flexibility index (Phi) is 7.85. The van der Waals surface area contributed by atoms with Gasteiger partial charge < -0.3 is 20.1 Å². The first-order valence-electron chi connectivity index (χ1n) is 11.5. The summed E-state index contributed by atoms with van der Waals surface area (Å²) in [7, 11) is 0. The summed E-state index contributed by atoms with van der Waals surface area (Å²) >= 11 is 5.88. The van der Waals surface area contributed by atoms with Crippen molar-refractivity contribution in [3.05, 3.63) is 58.6 Å². The molecular formula is C25H30ClN3O4. The van der Waals surface area contributed by atoms with Crippen LogP contribution in [0.5, 0.6) is 0 Å².